The van der Waals surface area contributed by atoms with E-state index in [-0.39, 0.29) is 12.1 Å². The lowest BCUT2D eigenvalue weighted by Gasteiger charge is -2.11. The highest BCUT2D eigenvalue weighted by Crippen LogP contribution is 2.26. The van der Waals surface area contributed by atoms with Gasteiger partial charge in [-0.1, -0.05) is 18.5 Å². The minimum absolute atomic E-state index is 0.0258. The van der Waals surface area contributed by atoms with Gasteiger partial charge in [-0.3, -0.25) is 9.67 Å². The van der Waals surface area contributed by atoms with Crippen molar-refractivity contribution in [2.24, 2.45) is 7.05 Å². The lowest BCUT2D eigenvalue weighted by atomic mass is 10.1. The maximum atomic E-state index is 13.5. The van der Waals surface area contributed by atoms with E-state index in [1.165, 1.54) is 18.3 Å². The highest BCUT2D eigenvalue weighted by atomic mass is 35.5. The number of nitrogens with zero attached hydrogens (tertiary/aromatic N) is 3. The molecule has 102 valence electrons. The zero-order valence-corrected chi connectivity index (χ0v) is 11.5. The van der Waals surface area contributed by atoms with E-state index in [4.69, 9.17) is 11.6 Å². The molecule has 1 unspecified atom stereocenters. The minimum atomic E-state index is -1.04. The fourth-order valence-electron chi connectivity index (χ4n) is 1.96. The van der Waals surface area contributed by atoms with E-state index in [1.807, 2.05) is 6.92 Å². The predicted octanol–water partition coefficient (Wildman–Crippen LogP) is 2.45. The van der Waals surface area contributed by atoms with Crippen molar-refractivity contribution in [2.75, 3.05) is 0 Å². The van der Waals surface area contributed by atoms with Gasteiger partial charge in [-0.05, 0) is 18.6 Å². The molecule has 19 heavy (non-hydrogen) atoms. The van der Waals surface area contributed by atoms with Gasteiger partial charge in [0.15, 0.2) is 0 Å². The van der Waals surface area contributed by atoms with Crippen LogP contribution in [0.2, 0.25) is 5.02 Å². The molecule has 4 nitrogen and oxygen atoms in total. The number of aryl methyl sites for hydroxylation is 2. The molecule has 0 aliphatic heterocycles. The van der Waals surface area contributed by atoms with Gasteiger partial charge < -0.3 is 5.11 Å². The highest BCUT2D eigenvalue weighted by Gasteiger charge is 2.20. The van der Waals surface area contributed by atoms with E-state index in [1.54, 1.807) is 11.7 Å². The standard InChI is InChI=1S/C13H15ClFN3O/c1-3-9-12(14)10(18(2)17-9)7-11(19)13-8(15)5-4-6-16-13/h4-6,11,19H,3,7H2,1-2H3. The second-order valence-corrected chi connectivity index (χ2v) is 4.65. The Kier molecular flexibility index (Phi) is 4.17. The van der Waals surface area contributed by atoms with Crippen molar-refractivity contribution in [3.8, 4) is 0 Å². The van der Waals surface area contributed by atoms with Crippen LogP contribution in [-0.2, 0) is 19.9 Å². The zero-order chi connectivity index (χ0) is 14.0. The monoisotopic (exact) mass is 283 g/mol. The van der Waals surface area contributed by atoms with Gasteiger partial charge >= 0.3 is 0 Å². The van der Waals surface area contributed by atoms with Gasteiger partial charge in [0.1, 0.15) is 17.6 Å². The molecule has 0 bridgehead atoms. The first-order valence-corrected chi connectivity index (χ1v) is 6.41. The van der Waals surface area contributed by atoms with Crippen LogP contribution in [0.4, 0.5) is 4.39 Å². The van der Waals surface area contributed by atoms with E-state index in [9.17, 15) is 9.50 Å². The highest BCUT2D eigenvalue weighted by molar-refractivity contribution is 6.31. The first-order chi connectivity index (χ1) is 9.04. The Morgan fingerprint density at radius 1 is 1.53 bits per heavy atom. The smallest absolute Gasteiger partial charge is 0.147 e. The first-order valence-electron chi connectivity index (χ1n) is 6.03. The predicted molar refractivity (Wildman–Crippen MR) is 70.5 cm³/mol. The number of hydrogen-bond acceptors (Lipinski definition) is 3. The Hall–Kier alpha value is -1.46. The van der Waals surface area contributed by atoms with Gasteiger partial charge in [0.2, 0.25) is 0 Å². The molecule has 0 aromatic carbocycles. The molecule has 0 aliphatic carbocycles. The Balaban J connectivity index is 2.27. The molecule has 2 heterocycles. The fraction of sp³-hybridized carbons (Fsp3) is 0.385. The average molecular weight is 284 g/mol. The normalized spacial score (nSPS) is 12.7. The largest absolute Gasteiger partial charge is 0.386 e. The minimum Gasteiger partial charge on any atom is -0.386 e. The lowest BCUT2D eigenvalue weighted by molar-refractivity contribution is 0.166. The van der Waals surface area contributed by atoms with E-state index in [0.717, 1.165) is 5.69 Å². The van der Waals surface area contributed by atoms with Crippen molar-refractivity contribution in [2.45, 2.75) is 25.9 Å². The molecule has 0 aliphatic rings. The summed E-state index contributed by atoms with van der Waals surface area (Å²) in [5, 5.41) is 14.9. The number of hydrogen-bond donors (Lipinski definition) is 1. The summed E-state index contributed by atoms with van der Waals surface area (Å²) in [5.41, 5.74) is 1.47. The van der Waals surface area contributed by atoms with Crippen molar-refractivity contribution >= 4 is 11.6 Å². The van der Waals surface area contributed by atoms with Crippen LogP contribution in [0.25, 0.3) is 0 Å². The van der Waals surface area contributed by atoms with Gasteiger partial charge in [0.05, 0.1) is 16.4 Å². The Labute approximate surface area is 115 Å². The molecule has 0 saturated carbocycles. The second-order valence-electron chi connectivity index (χ2n) is 4.27. The van der Waals surface area contributed by atoms with Crippen LogP contribution in [-0.4, -0.2) is 19.9 Å². The van der Waals surface area contributed by atoms with Crippen LogP contribution >= 0.6 is 11.6 Å². The van der Waals surface area contributed by atoms with E-state index < -0.39 is 11.9 Å². The van der Waals surface area contributed by atoms with Crippen molar-refractivity contribution in [1.82, 2.24) is 14.8 Å². The lowest BCUT2D eigenvalue weighted by Crippen LogP contribution is -2.10. The van der Waals surface area contributed by atoms with Crippen LogP contribution in [0, 0.1) is 5.82 Å². The molecule has 0 saturated heterocycles. The number of aromatic nitrogens is 3. The number of rotatable bonds is 4. The number of halogens is 2. The Morgan fingerprint density at radius 2 is 2.26 bits per heavy atom. The van der Waals surface area contributed by atoms with Crippen molar-refractivity contribution in [3.63, 3.8) is 0 Å². The summed E-state index contributed by atoms with van der Waals surface area (Å²) in [6.45, 7) is 1.95. The first kappa shape index (κ1) is 14.0. The summed E-state index contributed by atoms with van der Waals surface area (Å²) in [6.07, 6.45) is 1.29. The molecule has 2 rings (SSSR count). The third-order valence-electron chi connectivity index (χ3n) is 2.99. The molecular weight excluding hydrogens is 269 g/mol. The van der Waals surface area contributed by atoms with Crippen LogP contribution in [0.3, 0.4) is 0 Å². The summed E-state index contributed by atoms with van der Waals surface area (Å²) in [7, 11) is 1.75. The van der Waals surface area contributed by atoms with Gasteiger partial charge in [0, 0.05) is 19.7 Å². The molecule has 0 fully saturated rings. The summed E-state index contributed by atoms with van der Waals surface area (Å²) < 4.78 is 15.2. The number of pyridine rings is 1. The fourth-order valence-corrected chi connectivity index (χ4v) is 2.34. The SMILES string of the molecule is CCc1nn(C)c(CC(O)c2ncccc2F)c1Cl. The van der Waals surface area contributed by atoms with Crippen LogP contribution in [0.5, 0.6) is 0 Å². The third-order valence-corrected chi connectivity index (χ3v) is 3.43. The van der Waals surface area contributed by atoms with E-state index >= 15 is 0 Å². The zero-order valence-electron chi connectivity index (χ0n) is 10.8. The summed E-state index contributed by atoms with van der Waals surface area (Å²) in [4.78, 5) is 3.86. The van der Waals surface area contributed by atoms with Crippen LogP contribution in [0.1, 0.15) is 30.1 Å². The molecule has 1 N–H and O–H groups in total. The molecule has 2 aromatic heterocycles. The molecule has 0 radical (unpaired) electrons. The van der Waals surface area contributed by atoms with Gasteiger partial charge in [0.25, 0.3) is 0 Å². The summed E-state index contributed by atoms with van der Waals surface area (Å²) in [5.74, 6) is -0.524. The van der Waals surface area contributed by atoms with Crippen LogP contribution in [0.15, 0.2) is 18.3 Å². The molecule has 0 spiro atoms. The third kappa shape index (κ3) is 2.77. The molecule has 6 heteroatoms. The van der Waals surface area contributed by atoms with Crippen molar-refractivity contribution in [1.29, 1.82) is 0 Å². The number of aliphatic hydroxyl groups excluding tert-OH is 1. The molecule has 1 atom stereocenters. The maximum Gasteiger partial charge on any atom is 0.147 e. The van der Waals surface area contributed by atoms with E-state index in [2.05, 4.69) is 10.1 Å². The van der Waals surface area contributed by atoms with Crippen LogP contribution < -0.4 is 0 Å². The number of aliphatic hydroxyl groups is 1. The van der Waals surface area contributed by atoms with Crippen molar-refractivity contribution in [3.05, 3.63) is 46.3 Å². The topological polar surface area (TPSA) is 50.9 Å². The Bertz CT molecular complexity index is 585. The Morgan fingerprint density at radius 3 is 2.84 bits per heavy atom. The summed E-state index contributed by atoms with van der Waals surface area (Å²) >= 11 is 6.19. The molecule has 0 amide bonds. The van der Waals surface area contributed by atoms with E-state index in [0.29, 0.717) is 17.1 Å². The van der Waals surface area contributed by atoms with Gasteiger partial charge in [-0.15, -0.1) is 0 Å². The van der Waals surface area contributed by atoms with Gasteiger partial charge in [-0.25, -0.2) is 4.39 Å². The molecule has 2 aromatic rings. The quantitative estimate of drug-likeness (QED) is 0.938. The average Bonchev–Trinajstić information content (AvgIpc) is 2.66. The summed E-state index contributed by atoms with van der Waals surface area (Å²) in [6, 6.07) is 2.76. The second kappa shape index (κ2) is 5.67. The van der Waals surface area contributed by atoms with Gasteiger partial charge in [-0.2, -0.15) is 5.10 Å². The molecular formula is C13H15ClFN3O. The maximum absolute atomic E-state index is 13.5. The van der Waals surface area contributed by atoms with Crippen molar-refractivity contribution < 1.29 is 9.50 Å².